The molecule has 0 bridgehead atoms. The molecule has 3 aromatic heterocycles. The standard InChI is InChI=1S/C26H24F4N4O3/c1-4-37-23-16(3)12-20(33-22(23)17-5-7-18(27)8-6-17)25(36,26(28,29)30)14-31-24(35)19-13-34-10-9-15(2)11-21(34)32-19/h5-13,36H,4,14H2,1-3H3,(H,31,35)/t25-/m0/s1. The first-order chi connectivity index (χ1) is 17.4. The first-order valence-electron chi connectivity index (χ1n) is 11.4. The highest BCUT2D eigenvalue weighted by molar-refractivity contribution is 5.93. The number of amides is 1. The highest BCUT2D eigenvalue weighted by Crippen LogP contribution is 2.41. The Morgan fingerprint density at radius 3 is 2.46 bits per heavy atom. The van der Waals surface area contributed by atoms with Crippen molar-refractivity contribution in [3.63, 3.8) is 0 Å². The lowest BCUT2D eigenvalue weighted by atomic mass is 9.95. The van der Waals surface area contributed by atoms with Crippen molar-refractivity contribution in [3.05, 3.63) is 83.2 Å². The lowest BCUT2D eigenvalue weighted by molar-refractivity contribution is -0.265. The van der Waals surface area contributed by atoms with Crippen LogP contribution in [0.1, 0.15) is 34.2 Å². The Hall–Kier alpha value is -3.99. The second kappa shape index (κ2) is 9.81. The summed E-state index contributed by atoms with van der Waals surface area (Å²) in [7, 11) is 0. The fraction of sp³-hybridized carbons (Fsp3) is 0.269. The maximum atomic E-state index is 14.3. The van der Waals surface area contributed by atoms with E-state index < -0.39 is 35.7 Å². The number of aryl methyl sites for hydroxylation is 2. The third-order valence-electron chi connectivity index (χ3n) is 5.81. The smallest absolute Gasteiger partial charge is 0.424 e. The first-order valence-corrected chi connectivity index (χ1v) is 11.4. The summed E-state index contributed by atoms with van der Waals surface area (Å²) in [6, 6.07) is 9.55. The van der Waals surface area contributed by atoms with Crippen molar-refractivity contribution in [3.8, 4) is 17.0 Å². The Morgan fingerprint density at radius 2 is 1.81 bits per heavy atom. The predicted octanol–water partition coefficient (Wildman–Crippen LogP) is 4.73. The van der Waals surface area contributed by atoms with Crippen LogP contribution < -0.4 is 10.1 Å². The van der Waals surface area contributed by atoms with E-state index in [0.29, 0.717) is 11.2 Å². The number of fused-ring (bicyclic) bond motifs is 1. The summed E-state index contributed by atoms with van der Waals surface area (Å²) in [5, 5.41) is 13.1. The minimum atomic E-state index is -5.21. The van der Waals surface area contributed by atoms with E-state index in [2.05, 4.69) is 15.3 Å². The molecule has 1 amide bonds. The number of nitrogens with one attached hydrogen (secondary N) is 1. The number of nitrogens with zero attached hydrogens (tertiary/aromatic N) is 3. The number of imidazole rings is 1. The molecule has 1 aromatic carbocycles. The van der Waals surface area contributed by atoms with Gasteiger partial charge in [-0.2, -0.15) is 13.2 Å². The molecule has 0 aliphatic carbocycles. The highest BCUT2D eigenvalue weighted by atomic mass is 19.4. The van der Waals surface area contributed by atoms with Crippen LogP contribution in [0.15, 0.2) is 54.9 Å². The zero-order valence-corrected chi connectivity index (χ0v) is 20.2. The van der Waals surface area contributed by atoms with Crippen LogP contribution in [0.25, 0.3) is 16.9 Å². The van der Waals surface area contributed by atoms with Crippen molar-refractivity contribution in [2.75, 3.05) is 13.2 Å². The van der Waals surface area contributed by atoms with E-state index in [4.69, 9.17) is 4.74 Å². The number of rotatable bonds is 7. The molecule has 1 atom stereocenters. The molecule has 37 heavy (non-hydrogen) atoms. The lowest BCUT2D eigenvalue weighted by Gasteiger charge is -2.31. The van der Waals surface area contributed by atoms with E-state index in [0.717, 1.165) is 23.8 Å². The number of benzene rings is 1. The van der Waals surface area contributed by atoms with Crippen molar-refractivity contribution in [1.82, 2.24) is 19.7 Å². The van der Waals surface area contributed by atoms with E-state index in [-0.39, 0.29) is 29.3 Å². The van der Waals surface area contributed by atoms with Crippen LogP contribution >= 0.6 is 0 Å². The van der Waals surface area contributed by atoms with Gasteiger partial charge in [0.05, 0.1) is 18.8 Å². The third-order valence-corrected chi connectivity index (χ3v) is 5.81. The maximum Gasteiger partial charge on any atom is 0.424 e. The fourth-order valence-corrected chi connectivity index (χ4v) is 3.83. The van der Waals surface area contributed by atoms with Gasteiger partial charge in [0.15, 0.2) is 0 Å². The Morgan fingerprint density at radius 1 is 1.11 bits per heavy atom. The normalized spacial score (nSPS) is 13.4. The van der Waals surface area contributed by atoms with E-state index in [1.54, 1.807) is 29.7 Å². The number of aromatic nitrogens is 3. The number of pyridine rings is 2. The quantitative estimate of drug-likeness (QED) is 0.347. The molecule has 2 N–H and O–H groups in total. The Kier molecular flexibility index (Phi) is 6.92. The minimum absolute atomic E-state index is 0.00146. The fourth-order valence-electron chi connectivity index (χ4n) is 3.83. The van der Waals surface area contributed by atoms with Gasteiger partial charge >= 0.3 is 6.18 Å². The zero-order valence-electron chi connectivity index (χ0n) is 20.2. The van der Waals surface area contributed by atoms with E-state index >= 15 is 0 Å². The number of hydrogen-bond acceptors (Lipinski definition) is 5. The van der Waals surface area contributed by atoms with Crippen LogP contribution in [-0.4, -0.2) is 44.7 Å². The Labute approximate surface area is 209 Å². The second-order valence-electron chi connectivity index (χ2n) is 8.58. The van der Waals surface area contributed by atoms with E-state index in [9.17, 15) is 27.5 Å². The van der Waals surface area contributed by atoms with E-state index in [1.807, 2.05) is 6.92 Å². The number of carbonyl (C=O) groups is 1. The van der Waals surface area contributed by atoms with E-state index in [1.165, 1.54) is 25.3 Å². The van der Waals surface area contributed by atoms with Gasteiger partial charge in [0.2, 0.25) is 5.60 Å². The largest absolute Gasteiger partial charge is 0.491 e. The molecule has 0 spiro atoms. The summed E-state index contributed by atoms with van der Waals surface area (Å²) in [4.78, 5) is 20.9. The maximum absolute atomic E-state index is 14.3. The number of halogens is 4. The second-order valence-corrected chi connectivity index (χ2v) is 8.58. The molecule has 0 saturated heterocycles. The van der Waals surface area contributed by atoms with Crippen molar-refractivity contribution in [2.45, 2.75) is 32.5 Å². The van der Waals surface area contributed by atoms with Crippen molar-refractivity contribution < 1.29 is 32.2 Å². The number of carbonyl (C=O) groups excluding carboxylic acids is 1. The monoisotopic (exact) mass is 516 g/mol. The van der Waals surface area contributed by atoms with Crippen LogP contribution in [-0.2, 0) is 5.60 Å². The molecule has 3 heterocycles. The van der Waals surface area contributed by atoms with Crippen molar-refractivity contribution in [2.24, 2.45) is 0 Å². The molecule has 0 fully saturated rings. The average Bonchev–Trinajstić information content (AvgIpc) is 3.26. The molecular weight excluding hydrogens is 492 g/mol. The predicted molar refractivity (Wildman–Crippen MR) is 128 cm³/mol. The van der Waals surface area contributed by atoms with Crippen LogP contribution in [0.2, 0.25) is 0 Å². The molecule has 194 valence electrons. The summed E-state index contributed by atoms with van der Waals surface area (Å²) in [6.45, 7) is 4.03. The van der Waals surface area contributed by atoms with Gasteiger partial charge in [0.1, 0.15) is 28.6 Å². The Bertz CT molecular complexity index is 1450. The van der Waals surface area contributed by atoms with Crippen molar-refractivity contribution >= 4 is 11.6 Å². The van der Waals surface area contributed by atoms with Crippen LogP contribution in [0.5, 0.6) is 5.75 Å². The van der Waals surface area contributed by atoms with Gasteiger partial charge in [-0.15, -0.1) is 0 Å². The molecule has 7 nitrogen and oxygen atoms in total. The number of aliphatic hydroxyl groups is 1. The third kappa shape index (κ3) is 5.12. The molecular formula is C26H24F4N4O3. The summed E-state index contributed by atoms with van der Waals surface area (Å²) < 4.78 is 63.5. The van der Waals surface area contributed by atoms with Gasteiger partial charge in [-0.1, -0.05) is 0 Å². The minimum Gasteiger partial charge on any atom is -0.491 e. The van der Waals surface area contributed by atoms with Crippen LogP contribution in [0, 0.1) is 19.7 Å². The molecule has 11 heteroatoms. The summed E-state index contributed by atoms with van der Waals surface area (Å²) in [6.07, 6.45) is -2.16. The summed E-state index contributed by atoms with van der Waals surface area (Å²) >= 11 is 0. The van der Waals surface area contributed by atoms with Gasteiger partial charge < -0.3 is 19.6 Å². The summed E-state index contributed by atoms with van der Waals surface area (Å²) in [5.74, 6) is -1.23. The Balaban J connectivity index is 1.72. The number of alkyl halides is 3. The molecule has 0 saturated carbocycles. The molecule has 0 radical (unpaired) electrons. The van der Waals surface area contributed by atoms with Crippen LogP contribution in [0.4, 0.5) is 17.6 Å². The molecule has 4 rings (SSSR count). The van der Waals surface area contributed by atoms with Crippen LogP contribution in [0.3, 0.4) is 0 Å². The van der Waals surface area contributed by atoms with Gasteiger partial charge in [0, 0.05) is 18.0 Å². The topological polar surface area (TPSA) is 88.8 Å². The highest BCUT2D eigenvalue weighted by Gasteiger charge is 2.56. The van der Waals surface area contributed by atoms with Crippen molar-refractivity contribution in [1.29, 1.82) is 0 Å². The number of ether oxygens (including phenoxy) is 1. The molecule has 4 aromatic rings. The number of hydrogen-bond donors (Lipinski definition) is 2. The van der Waals surface area contributed by atoms with Gasteiger partial charge in [-0.25, -0.2) is 14.4 Å². The van der Waals surface area contributed by atoms with Gasteiger partial charge in [0.25, 0.3) is 5.91 Å². The molecule has 0 unspecified atom stereocenters. The zero-order chi connectivity index (χ0) is 27.0. The summed E-state index contributed by atoms with van der Waals surface area (Å²) in [5.41, 5.74) is -2.48. The molecule has 0 aliphatic heterocycles. The van der Waals surface area contributed by atoms with Gasteiger partial charge in [-0.3, -0.25) is 4.79 Å². The van der Waals surface area contributed by atoms with Gasteiger partial charge in [-0.05, 0) is 74.4 Å². The first kappa shape index (κ1) is 26.1. The average molecular weight is 516 g/mol. The molecule has 0 aliphatic rings. The SMILES string of the molecule is CCOc1c(C)cc([C@@](O)(CNC(=O)c2cn3ccc(C)cc3n2)C(F)(F)F)nc1-c1ccc(F)cc1. The lowest BCUT2D eigenvalue weighted by Crippen LogP contribution is -2.51.